The molecule has 0 aliphatic carbocycles. The first-order valence-corrected chi connectivity index (χ1v) is 10.7. The first-order valence-electron chi connectivity index (χ1n) is 9.83. The van der Waals surface area contributed by atoms with Gasteiger partial charge in [-0.05, 0) is 45.2 Å². The van der Waals surface area contributed by atoms with Crippen LogP contribution in [0.25, 0.3) is 11.0 Å². The number of H-pyrrole nitrogens is 1. The average molecular weight is 410 g/mol. The van der Waals surface area contributed by atoms with E-state index in [4.69, 9.17) is 9.73 Å². The number of aromatic amines is 1. The minimum Gasteiger partial charge on any atom is -0.375 e. The van der Waals surface area contributed by atoms with E-state index in [-0.39, 0.29) is 22.5 Å². The van der Waals surface area contributed by atoms with Crippen LogP contribution in [0, 0.1) is 0 Å². The van der Waals surface area contributed by atoms with Crippen LogP contribution in [0.15, 0.2) is 40.4 Å². The smallest absolute Gasteiger partial charge is 0.271 e. The first-order chi connectivity index (χ1) is 13.9. The Kier molecular flexibility index (Phi) is 4.36. The molecular formula is C21H23N5O2S. The van der Waals surface area contributed by atoms with Gasteiger partial charge in [-0.15, -0.1) is 0 Å². The molecule has 0 radical (unpaired) electrons. The van der Waals surface area contributed by atoms with Crippen molar-refractivity contribution >= 4 is 33.7 Å². The monoisotopic (exact) mass is 409 g/mol. The molecule has 0 amide bonds. The van der Waals surface area contributed by atoms with Gasteiger partial charge in [0, 0.05) is 19.0 Å². The summed E-state index contributed by atoms with van der Waals surface area (Å²) in [5.41, 5.74) is 3.04. The van der Waals surface area contributed by atoms with Crippen molar-refractivity contribution in [3.8, 4) is 0 Å². The number of fused-ring (bicyclic) bond motifs is 2. The van der Waals surface area contributed by atoms with Gasteiger partial charge < -0.3 is 4.74 Å². The van der Waals surface area contributed by atoms with Gasteiger partial charge in [-0.25, -0.2) is 4.99 Å². The second kappa shape index (κ2) is 6.81. The molecular weight excluding hydrogens is 386 g/mol. The lowest BCUT2D eigenvalue weighted by atomic mass is 9.94. The molecule has 5 rings (SSSR count). The highest BCUT2D eigenvalue weighted by atomic mass is 32.2. The summed E-state index contributed by atoms with van der Waals surface area (Å²) in [7, 11) is 0. The molecule has 1 saturated heterocycles. The van der Waals surface area contributed by atoms with Crippen LogP contribution in [0.2, 0.25) is 0 Å². The maximum atomic E-state index is 13.1. The number of aromatic nitrogens is 4. The summed E-state index contributed by atoms with van der Waals surface area (Å²) >= 11 is 1.60. The number of thioether (sulfide) groups is 1. The normalized spacial score (nSPS) is 23.6. The van der Waals surface area contributed by atoms with E-state index in [9.17, 15) is 4.79 Å². The van der Waals surface area contributed by atoms with Crippen molar-refractivity contribution in [1.82, 2.24) is 19.7 Å². The van der Waals surface area contributed by atoms with Crippen LogP contribution in [-0.4, -0.2) is 37.0 Å². The first kappa shape index (κ1) is 18.6. The van der Waals surface area contributed by atoms with Crippen LogP contribution in [-0.2, 0) is 4.74 Å². The molecule has 1 N–H and O–H groups in total. The van der Waals surface area contributed by atoms with E-state index in [1.165, 1.54) is 0 Å². The number of hydrogen-bond acceptors (Lipinski definition) is 6. The van der Waals surface area contributed by atoms with Crippen LogP contribution in [0.1, 0.15) is 56.0 Å². The third-order valence-electron chi connectivity index (χ3n) is 5.60. The second-order valence-electron chi connectivity index (χ2n) is 8.20. The number of rotatable bonds is 2. The summed E-state index contributed by atoms with van der Waals surface area (Å²) in [5.74, 6) is 0.736. The highest BCUT2D eigenvalue weighted by molar-refractivity contribution is 8.14. The zero-order valence-corrected chi connectivity index (χ0v) is 17.5. The molecule has 29 heavy (non-hydrogen) atoms. The van der Waals surface area contributed by atoms with E-state index in [0.29, 0.717) is 12.2 Å². The second-order valence-corrected chi connectivity index (χ2v) is 9.50. The van der Waals surface area contributed by atoms with Crippen molar-refractivity contribution in [1.29, 1.82) is 0 Å². The SMILES string of the molecule is CC1=Nc2c(c(=O)[nH]n2[C@@H]2CCOC(C)(C)C2)[C@@H](c2cccc3nccnc23)S1. The molecule has 1 fully saturated rings. The fraction of sp³-hybridized carbons (Fsp3) is 0.429. The topological polar surface area (TPSA) is 85.2 Å². The Bertz CT molecular complexity index is 1170. The van der Waals surface area contributed by atoms with Gasteiger partial charge in [0.05, 0.1) is 38.5 Å². The summed E-state index contributed by atoms with van der Waals surface area (Å²) < 4.78 is 7.83. The molecule has 0 bridgehead atoms. The third kappa shape index (κ3) is 3.20. The lowest BCUT2D eigenvalue weighted by Crippen LogP contribution is -2.35. The van der Waals surface area contributed by atoms with E-state index in [1.807, 2.05) is 29.8 Å². The molecule has 2 aromatic heterocycles. The Morgan fingerprint density at radius 1 is 1.28 bits per heavy atom. The van der Waals surface area contributed by atoms with Crippen LogP contribution < -0.4 is 5.56 Å². The summed E-state index contributed by atoms with van der Waals surface area (Å²) in [6, 6.07) is 6.11. The number of aliphatic imine (C=N–C) groups is 1. The fourth-order valence-electron chi connectivity index (χ4n) is 4.34. The van der Waals surface area contributed by atoms with Gasteiger partial charge in [0.1, 0.15) is 0 Å². The predicted octanol–water partition coefficient (Wildman–Crippen LogP) is 4.14. The maximum absolute atomic E-state index is 13.1. The van der Waals surface area contributed by atoms with Crippen molar-refractivity contribution in [2.45, 2.75) is 50.5 Å². The van der Waals surface area contributed by atoms with Crippen LogP contribution in [0.5, 0.6) is 0 Å². The zero-order valence-electron chi connectivity index (χ0n) is 16.7. The van der Waals surface area contributed by atoms with Crippen LogP contribution in [0.3, 0.4) is 0 Å². The molecule has 7 nitrogen and oxygen atoms in total. The average Bonchev–Trinajstić information content (AvgIpc) is 3.02. The molecule has 8 heteroatoms. The molecule has 0 unspecified atom stereocenters. The van der Waals surface area contributed by atoms with Gasteiger partial charge in [-0.1, -0.05) is 23.9 Å². The van der Waals surface area contributed by atoms with Crippen LogP contribution in [0.4, 0.5) is 5.82 Å². The highest BCUT2D eigenvalue weighted by Crippen LogP contribution is 2.46. The zero-order chi connectivity index (χ0) is 20.2. The van der Waals surface area contributed by atoms with Gasteiger partial charge in [0.2, 0.25) is 0 Å². The molecule has 2 atom stereocenters. The van der Waals surface area contributed by atoms with Gasteiger partial charge in [0.15, 0.2) is 5.82 Å². The summed E-state index contributed by atoms with van der Waals surface area (Å²) in [4.78, 5) is 26.8. The number of nitrogens with one attached hydrogen (secondary N) is 1. The quantitative estimate of drug-likeness (QED) is 0.688. The van der Waals surface area contributed by atoms with Crippen molar-refractivity contribution in [3.05, 3.63) is 52.1 Å². The highest BCUT2D eigenvalue weighted by Gasteiger charge is 2.36. The van der Waals surface area contributed by atoms with Crippen LogP contribution >= 0.6 is 11.8 Å². The number of hydrogen-bond donors (Lipinski definition) is 1. The Morgan fingerprint density at radius 2 is 2.10 bits per heavy atom. The van der Waals surface area contributed by atoms with Crippen molar-refractivity contribution < 1.29 is 4.74 Å². The number of benzene rings is 1. The largest absolute Gasteiger partial charge is 0.375 e. The Labute approximate surface area is 172 Å². The lowest BCUT2D eigenvalue weighted by Gasteiger charge is -2.36. The molecule has 1 aromatic carbocycles. The summed E-state index contributed by atoms with van der Waals surface area (Å²) in [5, 5.41) is 3.85. The third-order valence-corrected chi connectivity index (χ3v) is 6.76. The molecule has 2 aliphatic heterocycles. The molecule has 0 saturated carbocycles. The molecule has 3 aromatic rings. The molecule has 150 valence electrons. The standard InChI is InChI=1S/C21H23N5O2S/c1-12-24-19-16(20(27)25-26(19)13-7-10-28-21(2,3)11-13)18(29-12)14-5-4-6-15-17(14)23-9-8-22-15/h4-6,8-9,13,18H,7,10-11H2,1-3H3,(H,25,27)/t13-,18-/m1/s1. The number of ether oxygens (including phenoxy) is 1. The van der Waals surface area contributed by atoms with E-state index in [0.717, 1.165) is 40.3 Å². The fourth-order valence-corrected chi connectivity index (χ4v) is 5.47. The summed E-state index contributed by atoms with van der Waals surface area (Å²) in [6.07, 6.45) is 5.07. The van der Waals surface area contributed by atoms with E-state index in [2.05, 4.69) is 28.9 Å². The van der Waals surface area contributed by atoms with E-state index < -0.39 is 0 Å². The lowest BCUT2D eigenvalue weighted by molar-refractivity contribution is -0.0705. The van der Waals surface area contributed by atoms with Crippen molar-refractivity contribution in [2.75, 3.05) is 6.61 Å². The summed E-state index contributed by atoms with van der Waals surface area (Å²) in [6.45, 7) is 6.85. The Morgan fingerprint density at radius 3 is 2.93 bits per heavy atom. The van der Waals surface area contributed by atoms with Crippen molar-refractivity contribution in [3.63, 3.8) is 0 Å². The predicted molar refractivity (Wildman–Crippen MR) is 115 cm³/mol. The number of nitrogens with zero attached hydrogens (tertiary/aromatic N) is 4. The van der Waals surface area contributed by atoms with E-state index in [1.54, 1.807) is 24.2 Å². The maximum Gasteiger partial charge on any atom is 0.271 e. The molecule has 4 heterocycles. The van der Waals surface area contributed by atoms with Gasteiger partial charge >= 0.3 is 0 Å². The van der Waals surface area contributed by atoms with Gasteiger partial charge in [-0.3, -0.25) is 24.5 Å². The Balaban J connectivity index is 1.66. The molecule has 0 spiro atoms. The minimum atomic E-state index is -0.218. The molecule has 2 aliphatic rings. The number of para-hydroxylation sites is 1. The Hall–Kier alpha value is -2.45. The van der Waals surface area contributed by atoms with E-state index >= 15 is 0 Å². The van der Waals surface area contributed by atoms with Crippen molar-refractivity contribution in [2.24, 2.45) is 4.99 Å². The van der Waals surface area contributed by atoms with Gasteiger partial charge in [-0.2, -0.15) is 0 Å². The minimum absolute atomic E-state index is 0.0843. The van der Waals surface area contributed by atoms with Gasteiger partial charge in [0.25, 0.3) is 5.56 Å².